The van der Waals surface area contributed by atoms with Crippen LogP contribution in [0.2, 0.25) is 0 Å². The minimum Gasteiger partial charge on any atom is -0.465 e. The fourth-order valence-corrected chi connectivity index (χ4v) is 10.1. The molecule has 0 aromatic carbocycles. The smallest absolute Gasteiger partial charge is 0.309 e. The molecule has 164 valence electrons. The summed E-state index contributed by atoms with van der Waals surface area (Å²) >= 11 is 0. The Balaban J connectivity index is 1.36. The first kappa shape index (κ1) is 20.4. The second kappa shape index (κ2) is 6.73. The van der Waals surface area contributed by atoms with Crippen LogP contribution in [0.25, 0.3) is 0 Å². The monoisotopic (exact) mass is 400 g/mol. The lowest BCUT2D eigenvalue weighted by molar-refractivity contribution is -0.141. The van der Waals surface area contributed by atoms with Crippen molar-refractivity contribution in [3.63, 3.8) is 0 Å². The molecule has 0 unspecified atom stereocenters. The molecule has 2 heteroatoms. The van der Waals surface area contributed by atoms with E-state index < -0.39 is 0 Å². The largest absolute Gasteiger partial charge is 0.465 e. The van der Waals surface area contributed by atoms with Gasteiger partial charge in [-0.2, -0.15) is 0 Å². The number of ether oxygens (including phenoxy) is 1. The molecular formula is C27H44O2. The van der Waals surface area contributed by atoms with Gasteiger partial charge in [0.2, 0.25) is 0 Å². The summed E-state index contributed by atoms with van der Waals surface area (Å²) in [5, 5.41) is 0. The van der Waals surface area contributed by atoms with Crippen molar-refractivity contribution in [1.29, 1.82) is 0 Å². The van der Waals surface area contributed by atoms with E-state index in [1.165, 1.54) is 57.8 Å². The van der Waals surface area contributed by atoms with Gasteiger partial charge in [-0.25, -0.2) is 0 Å². The summed E-state index contributed by atoms with van der Waals surface area (Å²) in [4.78, 5) is 12.5. The summed E-state index contributed by atoms with van der Waals surface area (Å²) in [5.74, 6) is 5.58. The van der Waals surface area contributed by atoms with Gasteiger partial charge in [-0.3, -0.25) is 4.79 Å². The van der Waals surface area contributed by atoms with Crippen molar-refractivity contribution in [1.82, 2.24) is 0 Å². The summed E-state index contributed by atoms with van der Waals surface area (Å²) in [6.07, 6.45) is 13.6. The highest BCUT2D eigenvalue weighted by molar-refractivity contribution is 5.77. The van der Waals surface area contributed by atoms with Gasteiger partial charge in [-0.05, 0) is 91.3 Å². The van der Waals surface area contributed by atoms with E-state index >= 15 is 0 Å². The molecule has 0 aromatic rings. The van der Waals surface area contributed by atoms with E-state index in [4.69, 9.17) is 4.74 Å². The van der Waals surface area contributed by atoms with E-state index in [0.717, 1.165) is 48.5 Å². The van der Waals surface area contributed by atoms with Crippen LogP contribution >= 0.6 is 0 Å². The highest BCUT2D eigenvalue weighted by Gasteiger charge is 2.74. The average molecular weight is 401 g/mol. The molecule has 2 nitrogen and oxygen atoms in total. The van der Waals surface area contributed by atoms with Crippen molar-refractivity contribution in [3.05, 3.63) is 0 Å². The highest BCUT2D eigenvalue weighted by atomic mass is 16.5. The number of carbonyl (C=O) groups excluding carboxylic acids is 1. The van der Waals surface area contributed by atoms with E-state index in [1.807, 2.05) is 0 Å². The molecule has 0 bridgehead atoms. The molecular weight excluding hydrogens is 356 g/mol. The SMILES string of the molecule is CC(C)CCC[C@@H](C)[C@H]1CC[C@H]2[C@@H]3C[C@]45COC(=O)[C@H]4CC[C@]5(C)[C@H]3CC[C@]12C. The minimum atomic E-state index is 0.137. The number of esters is 1. The fourth-order valence-electron chi connectivity index (χ4n) is 10.1. The Morgan fingerprint density at radius 1 is 1.00 bits per heavy atom. The zero-order valence-corrected chi connectivity index (χ0v) is 19.6. The lowest BCUT2D eigenvalue weighted by atomic mass is 9.54. The van der Waals surface area contributed by atoms with Crippen LogP contribution in [0.3, 0.4) is 0 Å². The van der Waals surface area contributed by atoms with E-state index in [2.05, 4.69) is 34.6 Å². The average Bonchev–Trinajstić information content (AvgIpc) is 3.31. The number of rotatable bonds is 5. The van der Waals surface area contributed by atoms with Crippen molar-refractivity contribution < 1.29 is 9.53 Å². The van der Waals surface area contributed by atoms with Gasteiger partial charge < -0.3 is 4.74 Å². The summed E-state index contributed by atoms with van der Waals surface area (Å²) in [5.41, 5.74) is 1.09. The summed E-state index contributed by atoms with van der Waals surface area (Å²) < 4.78 is 5.72. The van der Waals surface area contributed by atoms with Gasteiger partial charge in [0.05, 0.1) is 12.5 Å². The highest BCUT2D eigenvalue weighted by Crippen LogP contribution is 2.77. The van der Waals surface area contributed by atoms with Gasteiger partial charge in [0, 0.05) is 5.41 Å². The Bertz CT molecular complexity index is 669. The number of cyclic esters (lactones) is 1. The molecule has 29 heavy (non-hydrogen) atoms. The third-order valence-corrected chi connectivity index (χ3v) is 11.6. The van der Waals surface area contributed by atoms with Gasteiger partial charge in [0.15, 0.2) is 0 Å². The molecule has 1 heterocycles. The maximum Gasteiger partial charge on any atom is 0.309 e. The van der Waals surface area contributed by atoms with Crippen molar-refractivity contribution in [2.45, 2.75) is 98.8 Å². The third kappa shape index (κ3) is 2.62. The van der Waals surface area contributed by atoms with Crippen LogP contribution in [0.4, 0.5) is 0 Å². The topological polar surface area (TPSA) is 26.3 Å². The first-order valence-corrected chi connectivity index (χ1v) is 12.9. The Morgan fingerprint density at radius 3 is 2.55 bits per heavy atom. The van der Waals surface area contributed by atoms with E-state index in [0.29, 0.717) is 10.8 Å². The number of hydrogen-bond donors (Lipinski definition) is 0. The molecule has 4 aliphatic carbocycles. The molecule has 0 aromatic heterocycles. The maximum absolute atomic E-state index is 12.5. The predicted molar refractivity (Wildman–Crippen MR) is 117 cm³/mol. The molecule has 9 atom stereocenters. The summed E-state index contributed by atoms with van der Waals surface area (Å²) in [7, 11) is 0. The quantitative estimate of drug-likeness (QED) is 0.471. The standard InChI is InChI=1S/C27H44O2/c1-17(2)7-6-8-18(3)20-9-10-21-19-15-27-16-29-24(28)23(27)12-14-26(27,5)22(19)11-13-25(20,21)4/h17-23H,6-16H2,1-5H3/t18-,19+,20-,21+,22+,23-,25-,26-,27+/m1/s1. The van der Waals surface area contributed by atoms with E-state index in [1.54, 1.807) is 0 Å². The number of carbonyl (C=O) groups is 1. The maximum atomic E-state index is 12.5. The van der Waals surface area contributed by atoms with Gasteiger partial charge in [0.25, 0.3) is 0 Å². The molecule has 0 N–H and O–H groups in total. The molecule has 1 aliphatic heterocycles. The number of fused-ring (bicyclic) bond motifs is 4. The van der Waals surface area contributed by atoms with Crippen molar-refractivity contribution >= 4 is 5.97 Å². The van der Waals surface area contributed by atoms with Crippen LogP contribution in [0, 0.1) is 57.7 Å². The Hall–Kier alpha value is -0.530. The zero-order chi connectivity index (χ0) is 20.6. The molecule has 5 rings (SSSR count). The van der Waals surface area contributed by atoms with E-state index in [-0.39, 0.29) is 17.3 Å². The second-order valence-corrected chi connectivity index (χ2v) is 12.9. The third-order valence-electron chi connectivity index (χ3n) is 11.6. The molecule has 1 saturated heterocycles. The van der Waals surface area contributed by atoms with Gasteiger partial charge in [0.1, 0.15) is 0 Å². The van der Waals surface area contributed by atoms with Gasteiger partial charge >= 0.3 is 5.97 Å². The normalized spacial score (nSPS) is 51.5. The van der Waals surface area contributed by atoms with Crippen LogP contribution in [-0.4, -0.2) is 12.6 Å². The second-order valence-electron chi connectivity index (χ2n) is 12.9. The Kier molecular flexibility index (Phi) is 4.73. The Morgan fingerprint density at radius 2 is 1.79 bits per heavy atom. The van der Waals surface area contributed by atoms with Crippen LogP contribution < -0.4 is 0 Å². The lowest BCUT2D eigenvalue weighted by Gasteiger charge is -2.51. The Labute approximate surface area is 178 Å². The van der Waals surface area contributed by atoms with Gasteiger partial charge in [-0.1, -0.05) is 53.9 Å². The first-order valence-electron chi connectivity index (χ1n) is 12.9. The molecule has 0 radical (unpaired) electrons. The molecule has 5 aliphatic rings. The van der Waals surface area contributed by atoms with Gasteiger partial charge in [-0.15, -0.1) is 0 Å². The van der Waals surface area contributed by atoms with Crippen LogP contribution in [0.1, 0.15) is 98.8 Å². The molecule has 0 amide bonds. The summed E-state index contributed by atoms with van der Waals surface area (Å²) in [6.45, 7) is 13.3. The lowest BCUT2D eigenvalue weighted by Crippen LogP contribution is -2.44. The predicted octanol–water partition coefficient (Wildman–Crippen LogP) is 6.87. The van der Waals surface area contributed by atoms with Crippen molar-refractivity contribution in [2.24, 2.45) is 57.7 Å². The zero-order valence-electron chi connectivity index (χ0n) is 19.6. The van der Waals surface area contributed by atoms with Crippen LogP contribution in [-0.2, 0) is 9.53 Å². The number of hydrogen-bond acceptors (Lipinski definition) is 2. The molecule has 1 spiro atoms. The summed E-state index contributed by atoms with van der Waals surface area (Å²) in [6, 6.07) is 0. The van der Waals surface area contributed by atoms with E-state index in [9.17, 15) is 4.79 Å². The van der Waals surface area contributed by atoms with Crippen molar-refractivity contribution in [3.8, 4) is 0 Å². The first-order chi connectivity index (χ1) is 13.7. The van der Waals surface area contributed by atoms with Crippen molar-refractivity contribution in [2.75, 3.05) is 6.61 Å². The van der Waals surface area contributed by atoms with Crippen LogP contribution in [0.5, 0.6) is 0 Å². The fraction of sp³-hybridized carbons (Fsp3) is 0.963. The minimum absolute atomic E-state index is 0.137. The molecule has 4 saturated carbocycles. The molecule has 5 fully saturated rings. The van der Waals surface area contributed by atoms with Crippen LogP contribution in [0.15, 0.2) is 0 Å².